The molecule has 0 bridgehead atoms. The second kappa shape index (κ2) is 5.15. The van der Waals surface area contributed by atoms with Crippen LogP contribution in [0.15, 0.2) is 6.33 Å². The van der Waals surface area contributed by atoms with E-state index in [1.54, 1.807) is 18.0 Å². The summed E-state index contributed by atoms with van der Waals surface area (Å²) in [6.45, 7) is 5.15. The molecule has 0 aromatic carbocycles. The minimum Gasteiger partial charge on any atom is -0.376 e. The molecule has 2 saturated heterocycles. The van der Waals surface area contributed by atoms with E-state index in [-0.39, 0.29) is 24.4 Å². The molecule has 2 aromatic rings. The summed E-state index contributed by atoms with van der Waals surface area (Å²) < 4.78 is 18.8. The van der Waals surface area contributed by atoms with E-state index in [0.29, 0.717) is 18.9 Å². The summed E-state index contributed by atoms with van der Waals surface area (Å²) >= 11 is 0. The Morgan fingerprint density at radius 2 is 2.09 bits per heavy atom. The smallest absolute Gasteiger partial charge is 0.200 e. The zero-order valence-corrected chi connectivity index (χ0v) is 12.8. The first-order valence-corrected chi connectivity index (χ1v) is 7.39. The number of ether oxygens (including phenoxy) is 3. The predicted octanol–water partition coefficient (Wildman–Crippen LogP) is 0.334. The number of rotatable bonds is 3. The van der Waals surface area contributed by atoms with Gasteiger partial charge >= 0.3 is 0 Å². The molecule has 4 atom stereocenters. The maximum absolute atomic E-state index is 5.86. The summed E-state index contributed by atoms with van der Waals surface area (Å²) in [6, 6.07) is 0.0612. The maximum Gasteiger partial charge on any atom is 0.200 e. The average molecular weight is 305 g/mol. The second-order valence-electron chi connectivity index (χ2n) is 5.81. The van der Waals surface area contributed by atoms with Crippen molar-refractivity contribution in [3.05, 3.63) is 17.6 Å². The van der Waals surface area contributed by atoms with Gasteiger partial charge in [0, 0.05) is 7.11 Å². The Bertz CT molecular complexity index is 703. The van der Waals surface area contributed by atoms with E-state index in [9.17, 15) is 0 Å². The number of aromatic nitrogens is 4. The molecule has 0 radical (unpaired) electrons. The normalized spacial score (nSPS) is 30.9. The number of fused-ring (bicyclic) bond motifs is 2. The average Bonchev–Trinajstić information content (AvgIpc) is 3.20. The van der Waals surface area contributed by atoms with Crippen LogP contribution in [0.3, 0.4) is 0 Å². The maximum atomic E-state index is 5.86. The quantitative estimate of drug-likeness (QED) is 0.875. The van der Waals surface area contributed by atoms with Crippen LogP contribution < -0.4 is 5.32 Å². The van der Waals surface area contributed by atoms with Crippen molar-refractivity contribution in [1.82, 2.24) is 19.8 Å². The van der Waals surface area contributed by atoms with E-state index in [1.807, 2.05) is 13.8 Å². The molecule has 4 rings (SSSR count). The number of hydrogen-bond donors (Lipinski definition) is 1. The Labute approximate surface area is 127 Å². The van der Waals surface area contributed by atoms with Crippen LogP contribution in [0.25, 0.3) is 5.65 Å². The van der Waals surface area contributed by atoms with Gasteiger partial charge in [0.15, 0.2) is 0 Å². The number of aryl methyl sites for hydroxylation is 1. The minimum atomic E-state index is -0.0142. The van der Waals surface area contributed by atoms with E-state index in [1.165, 1.54) is 0 Å². The minimum absolute atomic E-state index is 0.00480. The van der Waals surface area contributed by atoms with Crippen LogP contribution in [0.1, 0.15) is 11.3 Å². The molecule has 1 N–H and O–H groups in total. The Balaban J connectivity index is 1.65. The van der Waals surface area contributed by atoms with Gasteiger partial charge in [-0.15, -0.1) is 10.2 Å². The monoisotopic (exact) mass is 305 g/mol. The number of nitrogens with zero attached hydrogens (tertiary/aromatic N) is 4. The van der Waals surface area contributed by atoms with Crippen molar-refractivity contribution in [2.75, 3.05) is 25.6 Å². The lowest BCUT2D eigenvalue weighted by atomic mass is 10.1. The molecule has 2 aliphatic heterocycles. The number of anilines is 1. The van der Waals surface area contributed by atoms with E-state index < -0.39 is 0 Å². The summed E-state index contributed by atoms with van der Waals surface area (Å²) in [5.41, 5.74) is 3.65. The van der Waals surface area contributed by atoms with Crippen LogP contribution in [0.5, 0.6) is 0 Å². The third kappa shape index (κ3) is 1.98. The van der Waals surface area contributed by atoms with Gasteiger partial charge in [-0.05, 0) is 19.4 Å². The standard InChI is InChI=1S/C14H19N5O3/c1-7-8(2)18-19-6-15-17-14(19)11(7)16-9-4-21-13-10(20-3)5-22-12(9)13/h6,9-10,12-13,16H,4-5H2,1-3H3/t9-,10-,12-,13-/m1/s1. The van der Waals surface area contributed by atoms with Crippen LogP contribution in [-0.4, -0.2) is 64.5 Å². The van der Waals surface area contributed by atoms with Crippen molar-refractivity contribution in [3.8, 4) is 0 Å². The van der Waals surface area contributed by atoms with Gasteiger partial charge in [0.05, 0.1) is 30.6 Å². The van der Waals surface area contributed by atoms with Gasteiger partial charge in [0.25, 0.3) is 0 Å². The van der Waals surface area contributed by atoms with Gasteiger partial charge in [0.1, 0.15) is 24.6 Å². The first-order valence-electron chi connectivity index (χ1n) is 7.39. The van der Waals surface area contributed by atoms with Crippen LogP contribution in [0, 0.1) is 13.8 Å². The first-order chi connectivity index (χ1) is 10.7. The van der Waals surface area contributed by atoms with Crippen LogP contribution in [0.2, 0.25) is 0 Å². The predicted molar refractivity (Wildman–Crippen MR) is 77.9 cm³/mol. The van der Waals surface area contributed by atoms with Crippen molar-refractivity contribution < 1.29 is 14.2 Å². The number of hydrogen-bond acceptors (Lipinski definition) is 7. The molecular formula is C14H19N5O3. The van der Waals surface area contributed by atoms with E-state index in [2.05, 4.69) is 20.6 Å². The van der Waals surface area contributed by atoms with Crippen LogP contribution in [-0.2, 0) is 14.2 Å². The molecule has 2 aliphatic rings. The first kappa shape index (κ1) is 13.9. The highest BCUT2D eigenvalue weighted by molar-refractivity contribution is 5.71. The Morgan fingerprint density at radius 1 is 1.27 bits per heavy atom. The van der Waals surface area contributed by atoms with E-state index in [0.717, 1.165) is 16.9 Å². The zero-order valence-electron chi connectivity index (χ0n) is 12.8. The van der Waals surface area contributed by atoms with Crippen molar-refractivity contribution in [3.63, 3.8) is 0 Å². The fourth-order valence-corrected chi connectivity index (χ4v) is 3.20. The molecular weight excluding hydrogens is 286 g/mol. The highest BCUT2D eigenvalue weighted by Crippen LogP contribution is 2.32. The SMILES string of the molecule is CO[C@@H]1CO[C@H]2[C@@H]1OC[C@H]2Nc1c(C)c(C)nn2cnnc12. The summed E-state index contributed by atoms with van der Waals surface area (Å²) in [5, 5.41) is 16.1. The molecule has 2 aromatic heterocycles. The lowest BCUT2D eigenvalue weighted by Gasteiger charge is -2.20. The molecule has 0 unspecified atom stereocenters. The van der Waals surface area contributed by atoms with Crippen molar-refractivity contribution in [2.45, 2.75) is 38.2 Å². The molecule has 0 saturated carbocycles. The molecule has 4 heterocycles. The molecule has 0 aliphatic carbocycles. The summed E-state index contributed by atoms with van der Waals surface area (Å²) in [4.78, 5) is 0. The second-order valence-corrected chi connectivity index (χ2v) is 5.81. The van der Waals surface area contributed by atoms with Gasteiger partial charge < -0.3 is 19.5 Å². The van der Waals surface area contributed by atoms with Gasteiger partial charge in [-0.25, -0.2) is 0 Å². The topological polar surface area (TPSA) is 82.8 Å². The van der Waals surface area contributed by atoms with Gasteiger partial charge in [0.2, 0.25) is 5.65 Å². The Morgan fingerprint density at radius 3 is 2.91 bits per heavy atom. The largest absolute Gasteiger partial charge is 0.376 e. The molecule has 0 amide bonds. The van der Waals surface area contributed by atoms with Crippen molar-refractivity contribution >= 4 is 11.3 Å². The highest BCUT2D eigenvalue weighted by atomic mass is 16.6. The Hall–Kier alpha value is -1.77. The molecule has 118 valence electrons. The summed E-state index contributed by atoms with van der Waals surface area (Å²) in [7, 11) is 1.69. The molecule has 0 spiro atoms. The third-order valence-corrected chi connectivity index (χ3v) is 4.57. The van der Waals surface area contributed by atoms with E-state index in [4.69, 9.17) is 14.2 Å². The summed E-state index contributed by atoms with van der Waals surface area (Å²) in [6.07, 6.45) is 1.58. The molecule has 2 fully saturated rings. The van der Waals surface area contributed by atoms with Crippen LogP contribution in [0.4, 0.5) is 5.69 Å². The zero-order chi connectivity index (χ0) is 15.3. The lowest BCUT2D eigenvalue weighted by molar-refractivity contribution is -0.00757. The van der Waals surface area contributed by atoms with Gasteiger partial charge in [-0.3, -0.25) is 0 Å². The third-order valence-electron chi connectivity index (χ3n) is 4.57. The van der Waals surface area contributed by atoms with E-state index >= 15 is 0 Å². The Kier molecular flexibility index (Phi) is 3.24. The number of methoxy groups -OCH3 is 1. The van der Waals surface area contributed by atoms with Gasteiger partial charge in [-0.2, -0.15) is 9.61 Å². The summed E-state index contributed by atoms with van der Waals surface area (Å²) in [5.74, 6) is 0. The number of nitrogens with one attached hydrogen (secondary N) is 1. The molecule has 8 heteroatoms. The van der Waals surface area contributed by atoms with Crippen LogP contribution >= 0.6 is 0 Å². The lowest BCUT2D eigenvalue weighted by Crippen LogP contribution is -2.36. The van der Waals surface area contributed by atoms with Crippen molar-refractivity contribution in [2.24, 2.45) is 0 Å². The van der Waals surface area contributed by atoms with Crippen molar-refractivity contribution in [1.29, 1.82) is 0 Å². The fourth-order valence-electron chi connectivity index (χ4n) is 3.20. The molecule has 22 heavy (non-hydrogen) atoms. The van der Waals surface area contributed by atoms with Gasteiger partial charge in [-0.1, -0.05) is 0 Å². The molecule has 8 nitrogen and oxygen atoms in total. The highest BCUT2D eigenvalue weighted by Gasteiger charge is 2.48. The fraction of sp³-hybridized carbons (Fsp3) is 0.643.